The van der Waals surface area contributed by atoms with Crippen molar-refractivity contribution in [1.82, 2.24) is 19.7 Å². The van der Waals surface area contributed by atoms with Crippen LogP contribution in [0.15, 0.2) is 48.7 Å². The Kier molecular flexibility index (Phi) is 5.15. The van der Waals surface area contributed by atoms with E-state index in [4.69, 9.17) is 0 Å². The van der Waals surface area contributed by atoms with Crippen LogP contribution in [0.5, 0.6) is 5.75 Å². The highest BCUT2D eigenvalue weighted by molar-refractivity contribution is 5.94. The number of piperazine rings is 1. The number of H-pyrrole nitrogens is 1. The first-order valence-electron chi connectivity index (χ1n) is 9.40. The molecule has 1 saturated heterocycles. The number of aromatic nitrogens is 3. The Bertz CT molecular complexity index is 1020. The summed E-state index contributed by atoms with van der Waals surface area (Å²) in [5.41, 5.74) is 1.29. The van der Waals surface area contributed by atoms with Crippen molar-refractivity contribution in [2.75, 3.05) is 31.1 Å². The standard InChI is InChI=1S/C20H20F3N5O2/c1-14-13-17(25-24-14)28-8-2-3-18(28)26-9-11-27(12-10-26)19(29)15-4-6-16(7-5-15)30-20(21,22)23/h2-8,13H,9-12H2,1H3,(H,24,25). The van der Waals surface area contributed by atoms with Gasteiger partial charge >= 0.3 is 6.36 Å². The molecule has 0 spiro atoms. The van der Waals surface area contributed by atoms with Crippen molar-refractivity contribution in [1.29, 1.82) is 0 Å². The van der Waals surface area contributed by atoms with E-state index >= 15 is 0 Å². The van der Waals surface area contributed by atoms with Crippen LogP contribution in [0.2, 0.25) is 0 Å². The highest BCUT2D eigenvalue weighted by Crippen LogP contribution is 2.24. The Morgan fingerprint density at radius 3 is 2.40 bits per heavy atom. The van der Waals surface area contributed by atoms with Gasteiger partial charge in [0.25, 0.3) is 5.91 Å². The van der Waals surface area contributed by atoms with Crippen LogP contribution in [0.1, 0.15) is 16.1 Å². The van der Waals surface area contributed by atoms with Crippen LogP contribution in [-0.4, -0.2) is 58.1 Å². The average molecular weight is 419 g/mol. The van der Waals surface area contributed by atoms with Gasteiger partial charge < -0.3 is 14.5 Å². The van der Waals surface area contributed by atoms with E-state index in [2.05, 4.69) is 19.8 Å². The molecule has 2 aromatic heterocycles. The van der Waals surface area contributed by atoms with Crippen LogP contribution in [0, 0.1) is 6.92 Å². The molecule has 1 aliphatic heterocycles. The first-order chi connectivity index (χ1) is 14.3. The molecule has 1 fully saturated rings. The van der Waals surface area contributed by atoms with Crippen LogP contribution in [-0.2, 0) is 0 Å². The SMILES string of the molecule is Cc1cc(-n2cccc2N2CCN(C(=O)c3ccc(OC(F)(F)F)cc3)CC2)n[nH]1. The number of nitrogens with one attached hydrogen (secondary N) is 1. The van der Waals surface area contributed by atoms with E-state index in [0.717, 1.165) is 29.5 Å². The lowest BCUT2D eigenvalue weighted by molar-refractivity contribution is -0.274. The van der Waals surface area contributed by atoms with E-state index in [1.807, 2.05) is 35.9 Å². The zero-order valence-corrected chi connectivity index (χ0v) is 16.2. The van der Waals surface area contributed by atoms with Crippen molar-refractivity contribution in [3.8, 4) is 11.6 Å². The summed E-state index contributed by atoms with van der Waals surface area (Å²) in [7, 11) is 0. The largest absolute Gasteiger partial charge is 0.573 e. The van der Waals surface area contributed by atoms with Gasteiger partial charge in [-0.3, -0.25) is 14.5 Å². The fraction of sp³-hybridized carbons (Fsp3) is 0.300. The number of hydrogen-bond donors (Lipinski definition) is 1. The van der Waals surface area contributed by atoms with Crippen LogP contribution in [0.25, 0.3) is 5.82 Å². The summed E-state index contributed by atoms with van der Waals surface area (Å²) in [4.78, 5) is 16.6. The number of carbonyl (C=O) groups is 1. The molecule has 0 atom stereocenters. The van der Waals surface area contributed by atoms with Gasteiger partial charge in [-0.15, -0.1) is 13.2 Å². The predicted octanol–water partition coefficient (Wildman–Crippen LogP) is 3.37. The highest BCUT2D eigenvalue weighted by Gasteiger charge is 2.31. The van der Waals surface area contributed by atoms with Crippen LogP contribution >= 0.6 is 0 Å². The third kappa shape index (κ3) is 4.27. The lowest BCUT2D eigenvalue weighted by Crippen LogP contribution is -2.49. The van der Waals surface area contributed by atoms with Crippen molar-refractivity contribution in [2.24, 2.45) is 0 Å². The van der Waals surface area contributed by atoms with E-state index in [1.54, 1.807) is 4.90 Å². The molecule has 0 saturated carbocycles. The minimum atomic E-state index is -4.76. The molecule has 0 aliphatic carbocycles. The first kappa shape index (κ1) is 19.9. The first-order valence-corrected chi connectivity index (χ1v) is 9.40. The molecule has 10 heteroatoms. The Balaban J connectivity index is 1.39. The summed E-state index contributed by atoms with van der Waals surface area (Å²) in [6.07, 6.45) is -2.82. The molecule has 0 unspecified atom stereocenters. The minimum absolute atomic E-state index is 0.216. The summed E-state index contributed by atoms with van der Waals surface area (Å²) in [5.74, 6) is 1.22. The number of halogens is 3. The maximum absolute atomic E-state index is 12.7. The summed E-state index contributed by atoms with van der Waals surface area (Å²) in [6.45, 7) is 4.21. The Hall–Kier alpha value is -3.43. The molecule has 158 valence electrons. The number of aromatic amines is 1. The second-order valence-corrected chi connectivity index (χ2v) is 7.00. The molecule has 4 rings (SSSR count). The van der Waals surface area contributed by atoms with Crippen molar-refractivity contribution in [2.45, 2.75) is 13.3 Å². The van der Waals surface area contributed by atoms with Gasteiger partial charge in [0.05, 0.1) is 0 Å². The third-order valence-electron chi connectivity index (χ3n) is 4.89. The summed E-state index contributed by atoms with van der Waals surface area (Å²) in [5, 5.41) is 7.22. The molecule has 1 amide bonds. The fourth-order valence-corrected chi connectivity index (χ4v) is 3.47. The van der Waals surface area contributed by atoms with Crippen molar-refractivity contribution in [3.63, 3.8) is 0 Å². The topological polar surface area (TPSA) is 66.4 Å². The average Bonchev–Trinajstić information content (AvgIpc) is 3.36. The molecule has 3 heterocycles. The number of amides is 1. The number of carbonyl (C=O) groups excluding carboxylic acids is 1. The monoisotopic (exact) mass is 419 g/mol. The van der Waals surface area contributed by atoms with Crippen molar-refractivity contribution < 1.29 is 22.7 Å². The van der Waals surface area contributed by atoms with Gasteiger partial charge in [-0.1, -0.05) is 0 Å². The molecule has 1 aliphatic rings. The number of ether oxygens (including phenoxy) is 1. The Labute approximate surface area is 170 Å². The number of alkyl halides is 3. The smallest absolute Gasteiger partial charge is 0.406 e. The van der Waals surface area contributed by atoms with E-state index in [1.165, 1.54) is 12.1 Å². The number of aryl methyl sites for hydroxylation is 1. The quantitative estimate of drug-likeness (QED) is 0.704. The van der Waals surface area contributed by atoms with E-state index < -0.39 is 6.36 Å². The molecule has 30 heavy (non-hydrogen) atoms. The maximum Gasteiger partial charge on any atom is 0.573 e. The van der Waals surface area contributed by atoms with Crippen molar-refractivity contribution >= 4 is 11.7 Å². The normalized spacial score (nSPS) is 14.8. The minimum Gasteiger partial charge on any atom is -0.406 e. The lowest BCUT2D eigenvalue weighted by atomic mass is 10.1. The van der Waals surface area contributed by atoms with Crippen LogP contribution < -0.4 is 9.64 Å². The van der Waals surface area contributed by atoms with Crippen molar-refractivity contribution in [3.05, 3.63) is 59.9 Å². The summed E-state index contributed by atoms with van der Waals surface area (Å²) in [6, 6.07) is 10.9. The van der Waals surface area contributed by atoms with Gasteiger partial charge in [-0.2, -0.15) is 5.10 Å². The molecule has 0 bridgehead atoms. The molecular formula is C20H20F3N5O2. The Morgan fingerprint density at radius 1 is 1.10 bits per heavy atom. The number of anilines is 1. The molecule has 7 nitrogen and oxygen atoms in total. The van der Waals surface area contributed by atoms with E-state index in [-0.39, 0.29) is 11.7 Å². The molecule has 1 aromatic carbocycles. The second-order valence-electron chi connectivity index (χ2n) is 7.00. The van der Waals surface area contributed by atoms with Gasteiger partial charge in [0, 0.05) is 49.7 Å². The van der Waals surface area contributed by atoms with Gasteiger partial charge in [0.15, 0.2) is 5.82 Å². The lowest BCUT2D eigenvalue weighted by Gasteiger charge is -2.36. The molecule has 3 aromatic rings. The fourth-order valence-electron chi connectivity index (χ4n) is 3.47. The zero-order valence-electron chi connectivity index (χ0n) is 16.2. The number of rotatable bonds is 4. The predicted molar refractivity (Wildman–Crippen MR) is 104 cm³/mol. The number of nitrogens with zero attached hydrogens (tertiary/aromatic N) is 4. The number of hydrogen-bond acceptors (Lipinski definition) is 4. The van der Waals surface area contributed by atoms with Gasteiger partial charge in [-0.25, -0.2) is 0 Å². The third-order valence-corrected chi connectivity index (χ3v) is 4.89. The van der Waals surface area contributed by atoms with E-state index in [0.29, 0.717) is 31.7 Å². The molecule has 0 radical (unpaired) electrons. The highest BCUT2D eigenvalue weighted by atomic mass is 19.4. The Morgan fingerprint density at radius 2 is 1.80 bits per heavy atom. The van der Waals surface area contributed by atoms with Crippen LogP contribution in [0.3, 0.4) is 0 Å². The van der Waals surface area contributed by atoms with Gasteiger partial charge in [0.1, 0.15) is 11.6 Å². The zero-order chi connectivity index (χ0) is 21.3. The van der Waals surface area contributed by atoms with Crippen LogP contribution in [0.4, 0.5) is 19.0 Å². The summed E-state index contributed by atoms with van der Waals surface area (Å²) >= 11 is 0. The van der Waals surface area contributed by atoms with Gasteiger partial charge in [-0.05, 0) is 43.3 Å². The van der Waals surface area contributed by atoms with E-state index in [9.17, 15) is 18.0 Å². The second kappa shape index (κ2) is 7.77. The summed E-state index contributed by atoms with van der Waals surface area (Å²) < 4.78 is 42.7. The van der Waals surface area contributed by atoms with Gasteiger partial charge in [0.2, 0.25) is 0 Å². The molecular weight excluding hydrogens is 399 g/mol. The molecule has 1 N–H and O–H groups in total. The number of benzene rings is 1. The maximum atomic E-state index is 12.7.